The van der Waals surface area contributed by atoms with Crippen LogP contribution in [0.3, 0.4) is 0 Å². The summed E-state index contributed by atoms with van der Waals surface area (Å²) in [6, 6.07) is 6.22. The Morgan fingerprint density at radius 2 is 2.29 bits per heavy atom. The molecule has 0 spiro atoms. The van der Waals surface area contributed by atoms with Gasteiger partial charge in [0.05, 0.1) is 17.9 Å². The standard InChI is InChI=1S/C16H17FN4O3/c1-10-6-14(24-20-10)16(23)19-8-11-2-3-13(12(17)7-11)21-5-4-18-15(22)9-21/h2-3,6-7H,4-5,8-9H2,1H3,(H,18,22)(H,19,23). The number of amides is 2. The lowest BCUT2D eigenvalue weighted by atomic mass is 10.1. The highest BCUT2D eigenvalue weighted by atomic mass is 19.1. The number of nitrogens with one attached hydrogen (secondary N) is 2. The molecule has 0 unspecified atom stereocenters. The molecule has 126 valence electrons. The number of nitrogens with zero attached hydrogens (tertiary/aromatic N) is 2. The number of rotatable bonds is 4. The van der Waals surface area contributed by atoms with E-state index in [2.05, 4.69) is 15.8 Å². The molecule has 0 aliphatic carbocycles. The zero-order valence-corrected chi connectivity index (χ0v) is 13.1. The van der Waals surface area contributed by atoms with Gasteiger partial charge in [-0.15, -0.1) is 0 Å². The molecule has 1 aliphatic rings. The maximum Gasteiger partial charge on any atom is 0.290 e. The number of hydrogen-bond acceptors (Lipinski definition) is 5. The number of hydrogen-bond donors (Lipinski definition) is 2. The Labute approximate surface area is 137 Å². The van der Waals surface area contributed by atoms with Crippen LogP contribution in [0.2, 0.25) is 0 Å². The zero-order valence-electron chi connectivity index (χ0n) is 13.1. The summed E-state index contributed by atoms with van der Waals surface area (Å²) in [6.45, 7) is 3.07. The summed E-state index contributed by atoms with van der Waals surface area (Å²) in [4.78, 5) is 25.0. The van der Waals surface area contributed by atoms with Gasteiger partial charge >= 0.3 is 0 Å². The van der Waals surface area contributed by atoms with Gasteiger partial charge in [-0.05, 0) is 24.6 Å². The minimum absolute atomic E-state index is 0.115. The molecule has 1 aromatic heterocycles. The van der Waals surface area contributed by atoms with Gasteiger partial charge in [0.1, 0.15) is 5.82 Å². The van der Waals surface area contributed by atoms with Crippen molar-refractivity contribution in [2.24, 2.45) is 0 Å². The molecule has 2 aromatic rings. The molecular weight excluding hydrogens is 315 g/mol. The predicted molar refractivity (Wildman–Crippen MR) is 84.0 cm³/mol. The minimum Gasteiger partial charge on any atom is -0.358 e. The quantitative estimate of drug-likeness (QED) is 0.872. The summed E-state index contributed by atoms with van der Waals surface area (Å²) in [5.41, 5.74) is 1.61. The number of halogens is 1. The average molecular weight is 332 g/mol. The molecular formula is C16H17FN4O3. The Kier molecular flexibility index (Phi) is 4.45. The second-order valence-electron chi connectivity index (χ2n) is 5.57. The van der Waals surface area contributed by atoms with Crippen LogP contribution in [0.5, 0.6) is 0 Å². The van der Waals surface area contributed by atoms with Crippen LogP contribution < -0.4 is 15.5 Å². The first-order valence-electron chi connectivity index (χ1n) is 7.54. The van der Waals surface area contributed by atoms with Crippen molar-refractivity contribution in [3.05, 3.63) is 47.1 Å². The van der Waals surface area contributed by atoms with E-state index >= 15 is 0 Å². The first-order valence-corrected chi connectivity index (χ1v) is 7.54. The van der Waals surface area contributed by atoms with Gasteiger partial charge in [-0.1, -0.05) is 11.2 Å². The summed E-state index contributed by atoms with van der Waals surface area (Å²) >= 11 is 0. The molecule has 7 nitrogen and oxygen atoms in total. The largest absolute Gasteiger partial charge is 0.358 e. The Morgan fingerprint density at radius 3 is 2.96 bits per heavy atom. The van der Waals surface area contributed by atoms with E-state index in [-0.39, 0.29) is 24.8 Å². The van der Waals surface area contributed by atoms with Crippen molar-refractivity contribution in [1.29, 1.82) is 0 Å². The van der Waals surface area contributed by atoms with Gasteiger partial charge < -0.3 is 20.1 Å². The van der Waals surface area contributed by atoms with Gasteiger partial charge in [-0.2, -0.15) is 0 Å². The van der Waals surface area contributed by atoms with Crippen LogP contribution in [-0.4, -0.2) is 36.6 Å². The van der Waals surface area contributed by atoms with Crippen molar-refractivity contribution >= 4 is 17.5 Å². The topological polar surface area (TPSA) is 87.5 Å². The van der Waals surface area contributed by atoms with Gasteiger partial charge in [-0.3, -0.25) is 9.59 Å². The molecule has 0 saturated carbocycles. The van der Waals surface area contributed by atoms with E-state index in [1.165, 1.54) is 12.1 Å². The predicted octanol–water partition coefficient (Wildman–Crippen LogP) is 0.988. The first-order chi connectivity index (χ1) is 11.5. The van der Waals surface area contributed by atoms with Gasteiger partial charge in [0.25, 0.3) is 5.91 Å². The molecule has 3 rings (SSSR count). The molecule has 2 heterocycles. The zero-order chi connectivity index (χ0) is 17.1. The van der Waals surface area contributed by atoms with E-state index in [1.807, 2.05) is 0 Å². The number of carbonyl (C=O) groups is 2. The van der Waals surface area contributed by atoms with Crippen molar-refractivity contribution in [3.63, 3.8) is 0 Å². The highest BCUT2D eigenvalue weighted by molar-refractivity contribution is 5.91. The maximum absolute atomic E-state index is 14.3. The number of piperazine rings is 1. The van der Waals surface area contributed by atoms with E-state index < -0.39 is 11.7 Å². The summed E-state index contributed by atoms with van der Waals surface area (Å²) in [5, 5.41) is 8.99. The normalized spacial score (nSPS) is 14.4. The number of carbonyl (C=O) groups excluding carboxylic acids is 2. The molecule has 1 aromatic carbocycles. The van der Waals surface area contributed by atoms with Crippen LogP contribution in [0.25, 0.3) is 0 Å². The fourth-order valence-corrected chi connectivity index (χ4v) is 2.50. The molecule has 0 bridgehead atoms. The van der Waals surface area contributed by atoms with E-state index in [9.17, 15) is 14.0 Å². The first kappa shape index (κ1) is 16.0. The van der Waals surface area contributed by atoms with Crippen LogP contribution in [0.15, 0.2) is 28.8 Å². The van der Waals surface area contributed by atoms with Crippen molar-refractivity contribution in [1.82, 2.24) is 15.8 Å². The molecule has 24 heavy (non-hydrogen) atoms. The third kappa shape index (κ3) is 3.53. The lowest BCUT2D eigenvalue weighted by Gasteiger charge is -2.29. The van der Waals surface area contributed by atoms with Gasteiger partial charge in [0.15, 0.2) is 0 Å². The number of anilines is 1. The van der Waals surface area contributed by atoms with Crippen molar-refractivity contribution in [2.75, 3.05) is 24.5 Å². The lowest BCUT2D eigenvalue weighted by molar-refractivity contribution is -0.120. The van der Waals surface area contributed by atoms with Crippen molar-refractivity contribution < 1.29 is 18.5 Å². The van der Waals surface area contributed by atoms with Gasteiger partial charge in [-0.25, -0.2) is 4.39 Å². The fraction of sp³-hybridized carbons (Fsp3) is 0.312. The number of benzene rings is 1. The summed E-state index contributed by atoms with van der Waals surface area (Å²) in [7, 11) is 0. The second kappa shape index (κ2) is 6.69. The summed E-state index contributed by atoms with van der Waals surface area (Å²) in [5.74, 6) is -0.844. The van der Waals surface area contributed by atoms with E-state index in [1.54, 1.807) is 24.0 Å². The highest BCUT2D eigenvalue weighted by Gasteiger charge is 2.19. The highest BCUT2D eigenvalue weighted by Crippen LogP contribution is 2.21. The minimum atomic E-state index is -0.424. The van der Waals surface area contributed by atoms with E-state index in [4.69, 9.17) is 4.52 Å². The average Bonchev–Trinajstić information content (AvgIpc) is 2.99. The number of aryl methyl sites for hydroxylation is 1. The van der Waals surface area contributed by atoms with E-state index in [0.29, 0.717) is 30.0 Å². The van der Waals surface area contributed by atoms with Gasteiger partial charge in [0, 0.05) is 25.7 Å². The molecule has 2 amide bonds. The Hall–Kier alpha value is -2.90. The van der Waals surface area contributed by atoms with Crippen LogP contribution in [0.1, 0.15) is 21.8 Å². The molecule has 0 radical (unpaired) electrons. The third-order valence-electron chi connectivity index (χ3n) is 3.70. The van der Waals surface area contributed by atoms with E-state index in [0.717, 1.165) is 0 Å². The van der Waals surface area contributed by atoms with Crippen LogP contribution >= 0.6 is 0 Å². The van der Waals surface area contributed by atoms with Crippen LogP contribution in [-0.2, 0) is 11.3 Å². The summed E-state index contributed by atoms with van der Waals surface area (Å²) < 4.78 is 19.2. The molecule has 1 aliphatic heterocycles. The summed E-state index contributed by atoms with van der Waals surface area (Å²) in [6.07, 6.45) is 0. The third-order valence-corrected chi connectivity index (χ3v) is 3.70. The van der Waals surface area contributed by atoms with Crippen LogP contribution in [0, 0.1) is 12.7 Å². The van der Waals surface area contributed by atoms with Crippen LogP contribution in [0.4, 0.5) is 10.1 Å². The Bertz CT molecular complexity index is 774. The molecule has 8 heteroatoms. The smallest absolute Gasteiger partial charge is 0.290 e. The second-order valence-corrected chi connectivity index (χ2v) is 5.57. The molecule has 1 fully saturated rings. The molecule has 0 atom stereocenters. The Balaban J connectivity index is 1.64. The Morgan fingerprint density at radius 1 is 1.46 bits per heavy atom. The van der Waals surface area contributed by atoms with Crippen molar-refractivity contribution in [3.8, 4) is 0 Å². The fourth-order valence-electron chi connectivity index (χ4n) is 2.50. The monoisotopic (exact) mass is 332 g/mol. The number of aromatic nitrogens is 1. The lowest BCUT2D eigenvalue weighted by Crippen LogP contribution is -2.48. The molecule has 2 N–H and O–H groups in total. The SMILES string of the molecule is Cc1cc(C(=O)NCc2ccc(N3CCNC(=O)C3)c(F)c2)on1. The maximum atomic E-state index is 14.3. The van der Waals surface area contributed by atoms with Crippen molar-refractivity contribution in [2.45, 2.75) is 13.5 Å². The van der Waals surface area contributed by atoms with Gasteiger partial charge in [0.2, 0.25) is 11.7 Å². The molecule has 1 saturated heterocycles.